The average molecular weight is 222 g/mol. The Balaban J connectivity index is 2.56. The second-order valence-corrected chi connectivity index (χ2v) is 3.89. The zero-order valence-corrected chi connectivity index (χ0v) is 10.5. The van der Waals surface area contributed by atoms with E-state index < -0.39 is 0 Å². The molecule has 1 aromatic rings. The van der Waals surface area contributed by atoms with Crippen LogP contribution in [0.25, 0.3) is 0 Å². The molecule has 1 atom stereocenters. The Morgan fingerprint density at radius 3 is 2.31 bits per heavy atom. The molecular weight excluding hydrogens is 200 g/mol. The summed E-state index contributed by atoms with van der Waals surface area (Å²) in [6.07, 6.45) is 3.54. The van der Waals surface area contributed by atoms with Gasteiger partial charge in [-0.3, -0.25) is 0 Å². The van der Waals surface area contributed by atoms with E-state index in [0.717, 1.165) is 25.2 Å². The average Bonchev–Trinajstić information content (AvgIpc) is 2.35. The standard InChI is InChI=1S/C14H22O2/c1-4-6-11-16-14(5-2)12-7-9-13(15-3)10-8-12/h7-10,14H,4-6,11H2,1-3H3. The van der Waals surface area contributed by atoms with Crippen molar-refractivity contribution in [2.45, 2.75) is 39.2 Å². The van der Waals surface area contributed by atoms with Crippen LogP contribution in [0.2, 0.25) is 0 Å². The Bertz CT molecular complexity index is 279. The van der Waals surface area contributed by atoms with Crippen LogP contribution in [0, 0.1) is 0 Å². The Labute approximate surface area is 98.6 Å². The first kappa shape index (κ1) is 13.0. The number of ether oxygens (including phenoxy) is 2. The highest BCUT2D eigenvalue weighted by molar-refractivity contribution is 5.28. The molecule has 2 heteroatoms. The number of hydrogen-bond donors (Lipinski definition) is 0. The Morgan fingerprint density at radius 1 is 1.12 bits per heavy atom. The third-order valence-corrected chi connectivity index (χ3v) is 2.68. The molecule has 0 aliphatic carbocycles. The number of benzene rings is 1. The molecule has 0 bridgehead atoms. The molecule has 0 aliphatic heterocycles. The van der Waals surface area contributed by atoms with E-state index in [0.29, 0.717) is 0 Å². The van der Waals surface area contributed by atoms with E-state index in [1.807, 2.05) is 12.1 Å². The summed E-state index contributed by atoms with van der Waals surface area (Å²) in [4.78, 5) is 0. The van der Waals surface area contributed by atoms with Crippen LogP contribution in [0.15, 0.2) is 24.3 Å². The summed E-state index contributed by atoms with van der Waals surface area (Å²) in [5, 5.41) is 0. The van der Waals surface area contributed by atoms with Gasteiger partial charge in [0.1, 0.15) is 5.75 Å². The van der Waals surface area contributed by atoms with E-state index in [-0.39, 0.29) is 6.10 Å². The number of methoxy groups -OCH3 is 1. The van der Waals surface area contributed by atoms with E-state index in [2.05, 4.69) is 26.0 Å². The summed E-state index contributed by atoms with van der Waals surface area (Å²) in [7, 11) is 1.68. The van der Waals surface area contributed by atoms with Gasteiger partial charge in [-0.15, -0.1) is 0 Å². The second kappa shape index (κ2) is 7.29. The highest BCUT2D eigenvalue weighted by Gasteiger charge is 2.09. The second-order valence-electron chi connectivity index (χ2n) is 3.89. The van der Waals surface area contributed by atoms with Crippen LogP contribution in [-0.2, 0) is 4.74 Å². The van der Waals surface area contributed by atoms with Crippen molar-refractivity contribution in [3.63, 3.8) is 0 Å². The molecule has 0 saturated heterocycles. The van der Waals surface area contributed by atoms with Gasteiger partial charge >= 0.3 is 0 Å². The van der Waals surface area contributed by atoms with Crippen molar-refractivity contribution in [1.29, 1.82) is 0 Å². The maximum Gasteiger partial charge on any atom is 0.118 e. The molecule has 0 radical (unpaired) electrons. The lowest BCUT2D eigenvalue weighted by molar-refractivity contribution is 0.0481. The van der Waals surface area contributed by atoms with Crippen LogP contribution < -0.4 is 4.74 Å². The highest BCUT2D eigenvalue weighted by Crippen LogP contribution is 2.23. The first-order valence-corrected chi connectivity index (χ1v) is 6.07. The van der Waals surface area contributed by atoms with Crippen LogP contribution >= 0.6 is 0 Å². The largest absolute Gasteiger partial charge is 0.497 e. The number of hydrogen-bond acceptors (Lipinski definition) is 2. The van der Waals surface area contributed by atoms with Crippen molar-refractivity contribution < 1.29 is 9.47 Å². The first-order valence-electron chi connectivity index (χ1n) is 6.07. The van der Waals surface area contributed by atoms with Crippen molar-refractivity contribution in [3.8, 4) is 5.75 Å². The minimum Gasteiger partial charge on any atom is -0.497 e. The van der Waals surface area contributed by atoms with E-state index in [4.69, 9.17) is 9.47 Å². The molecule has 0 N–H and O–H groups in total. The van der Waals surface area contributed by atoms with Gasteiger partial charge in [0.2, 0.25) is 0 Å². The summed E-state index contributed by atoms with van der Waals surface area (Å²) >= 11 is 0. The minimum atomic E-state index is 0.220. The molecule has 0 aromatic heterocycles. The maximum atomic E-state index is 5.85. The third-order valence-electron chi connectivity index (χ3n) is 2.68. The molecule has 0 heterocycles. The molecular formula is C14H22O2. The van der Waals surface area contributed by atoms with Crippen LogP contribution in [0.4, 0.5) is 0 Å². The molecule has 0 saturated carbocycles. The summed E-state index contributed by atoms with van der Waals surface area (Å²) in [5.74, 6) is 0.896. The van der Waals surface area contributed by atoms with Gasteiger partial charge in [0, 0.05) is 6.61 Å². The van der Waals surface area contributed by atoms with Gasteiger partial charge in [-0.1, -0.05) is 32.4 Å². The molecule has 0 fully saturated rings. The van der Waals surface area contributed by atoms with Crippen molar-refractivity contribution in [3.05, 3.63) is 29.8 Å². The van der Waals surface area contributed by atoms with Gasteiger partial charge in [0.05, 0.1) is 13.2 Å². The van der Waals surface area contributed by atoms with Crippen molar-refractivity contribution >= 4 is 0 Å². The lowest BCUT2D eigenvalue weighted by atomic mass is 10.1. The molecule has 1 aromatic carbocycles. The lowest BCUT2D eigenvalue weighted by Gasteiger charge is -2.16. The van der Waals surface area contributed by atoms with Gasteiger partial charge in [0.15, 0.2) is 0 Å². The zero-order chi connectivity index (χ0) is 11.8. The Kier molecular flexibility index (Phi) is 5.94. The van der Waals surface area contributed by atoms with Crippen molar-refractivity contribution in [1.82, 2.24) is 0 Å². The molecule has 16 heavy (non-hydrogen) atoms. The minimum absolute atomic E-state index is 0.220. The number of unbranched alkanes of at least 4 members (excludes halogenated alkanes) is 1. The summed E-state index contributed by atoms with van der Waals surface area (Å²) in [6.45, 7) is 5.18. The van der Waals surface area contributed by atoms with E-state index in [1.165, 1.54) is 12.0 Å². The van der Waals surface area contributed by atoms with Gasteiger partial charge in [-0.25, -0.2) is 0 Å². The Morgan fingerprint density at radius 2 is 1.81 bits per heavy atom. The molecule has 0 amide bonds. The normalized spacial score (nSPS) is 12.4. The van der Waals surface area contributed by atoms with Crippen LogP contribution in [0.3, 0.4) is 0 Å². The van der Waals surface area contributed by atoms with Gasteiger partial charge in [-0.2, -0.15) is 0 Å². The monoisotopic (exact) mass is 222 g/mol. The van der Waals surface area contributed by atoms with Crippen molar-refractivity contribution in [2.75, 3.05) is 13.7 Å². The van der Waals surface area contributed by atoms with E-state index in [1.54, 1.807) is 7.11 Å². The zero-order valence-electron chi connectivity index (χ0n) is 10.5. The molecule has 2 nitrogen and oxygen atoms in total. The lowest BCUT2D eigenvalue weighted by Crippen LogP contribution is -2.04. The van der Waals surface area contributed by atoms with Gasteiger partial charge in [-0.05, 0) is 30.5 Å². The SMILES string of the molecule is CCCCOC(CC)c1ccc(OC)cc1. The summed E-state index contributed by atoms with van der Waals surface area (Å²) < 4.78 is 11.0. The van der Waals surface area contributed by atoms with Gasteiger partial charge in [0.25, 0.3) is 0 Å². The quantitative estimate of drug-likeness (QED) is 0.650. The predicted octanol–water partition coefficient (Wildman–Crippen LogP) is 3.96. The van der Waals surface area contributed by atoms with Crippen LogP contribution in [0.1, 0.15) is 44.8 Å². The topological polar surface area (TPSA) is 18.5 Å². The maximum absolute atomic E-state index is 5.85. The first-order chi connectivity index (χ1) is 7.81. The molecule has 1 rings (SSSR count). The van der Waals surface area contributed by atoms with E-state index in [9.17, 15) is 0 Å². The molecule has 90 valence electrons. The van der Waals surface area contributed by atoms with Crippen LogP contribution in [0.5, 0.6) is 5.75 Å². The Hall–Kier alpha value is -1.02. The van der Waals surface area contributed by atoms with Crippen LogP contribution in [-0.4, -0.2) is 13.7 Å². The fourth-order valence-electron chi connectivity index (χ4n) is 1.64. The molecule has 0 spiro atoms. The van der Waals surface area contributed by atoms with Crippen molar-refractivity contribution in [2.24, 2.45) is 0 Å². The number of rotatable bonds is 7. The predicted molar refractivity (Wildman–Crippen MR) is 66.9 cm³/mol. The summed E-state index contributed by atoms with van der Waals surface area (Å²) in [5.41, 5.74) is 1.24. The molecule has 0 aliphatic rings. The summed E-state index contributed by atoms with van der Waals surface area (Å²) in [6, 6.07) is 8.14. The third kappa shape index (κ3) is 3.86. The fraction of sp³-hybridized carbons (Fsp3) is 0.571. The smallest absolute Gasteiger partial charge is 0.118 e. The fourth-order valence-corrected chi connectivity index (χ4v) is 1.64. The van der Waals surface area contributed by atoms with Gasteiger partial charge < -0.3 is 9.47 Å². The highest BCUT2D eigenvalue weighted by atomic mass is 16.5. The van der Waals surface area contributed by atoms with E-state index >= 15 is 0 Å². The molecule has 1 unspecified atom stereocenters.